The summed E-state index contributed by atoms with van der Waals surface area (Å²) >= 11 is 0. The molecule has 0 aromatic heterocycles. The van der Waals surface area contributed by atoms with Gasteiger partial charge in [-0.15, -0.1) is 0 Å². The van der Waals surface area contributed by atoms with E-state index in [1.54, 1.807) is 0 Å². The van der Waals surface area contributed by atoms with E-state index in [1.807, 2.05) is 0 Å². The number of carbonyl (C=O) groups excluding carboxylic acids is 3. The zero-order valence-corrected chi connectivity index (χ0v) is 49.3. The average Bonchev–Trinajstić information content (AvgIpc) is 3.41. The van der Waals surface area contributed by atoms with E-state index in [1.165, 1.54) is 141 Å². The van der Waals surface area contributed by atoms with Gasteiger partial charge in [0.15, 0.2) is 6.10 Å². The number of ether oxygens (including phenoxy) is 3. The third kappa shape index (κ3) is 61.1. The topological polar surface area (TPSA) is 78.9 Å². The molecule has 0 radical (unpaired) electrons. The van der Waals surface area contributed by atoms with E-state index in [2.05, 4.69) is 118 Å². The van der Waals surface area contributed by atoms with Crippen molar-refractivity contribution < 1.29 is 28.6 Å². The van der Waals surface area contributed by atoms with Crippen molar-refractivity contribution in [2.45, 2.75) is 309 Å². The maximum Gasteiger partial charge on any atom is 0.306 e. The third-order valence-electron chi connectivity index (χ3n) is 13.6. The van der Waals surface area contributed by atoms with Crippen molar-refractivity contribution in [2.24, 2.45) is 0 Å². The van der Waals surface area contributed by atoms with Crippen LogP contribution >= 0.6 is 0 Å². The number of rotatable bonds is 57. The van der Waals surface area contributed by atoms with Crippen LogP contribution in [0.15, 0.2) is 97.2 Å². The van der Waals surface area contributed by atoms with Gasteiger partial charge in [-0.05, 0) is 96.3 Å². The van der Waals surface area contributed by atoms with Gasteiger partial charge in [0.2, 0.25) is 0 Å². The van der Waals surface area contributed by atoms with E-state index >= 15 is 0 Å². The van der Waals surface area contributed by atoms with Crippen molar-refractivity contribution in [1.82, 2.24) is 0 Å². The van der Waals surface area contributed by atoms with Gasteiger partial charge >= 0.3 is 17.9 Å². The van der Waals surface area contributed by atoms with Gasteiger partial charge < -0.3 is 14.2 Å². The molecule has 0 amide bonds. The first-order valence-electron chi connectivity index (χ1n) is 31.7. The molecule has 0 rings (SSSR count). The fourth-order valence-corrected chi connectivity index (χ4v) is 8.90. The van der Waals surface area contributed by atoms with Crippen LogP contribution in [0.4, 0.5) is 0 Å². The molecular weight excluding hydrogens is 925 g/mol. The standard InChI is InChI=1S/C69H118O6/c1-4-7-10-13-16-19-22-25-27-29-31-33-34-36-37-39-41-44-47-50-53-56-59-62-68(71)74-65-66(64-73-67(70)61-58-55-52-49-46-43-24-21-18-15-12-9-6-3)75-69(72)63-60-57-54-51-48-45-42-40-38-35-32-30-28-26-23-20-17-14-11-8-5-2/h7,9-10,12,16,18-19,21,25,27,31,33,36-37,43,46,66H,4-6,8,11,13-15,17,20,22-24,26,28-30,32,34-35,38-42,44-45,47-65H2,1-3H3/b10-7-,12-9-,19-16-,21-18-,27-25-,33-31-,37-36-,46-43-. The predicted molar refractivity (Wildman–Crippen MR) is 325 cm³/mol. The maximum absolute atomic E-state index is 12.9. The van der Waals surface area contributed by atoms with Gasteiger partial charge in [-0.1, -0.05) is 285 Å². The van der Waals surface area contributed by atoms with Gasteiger partial charge in [0.1, 0.15) is 13.2 Å². The fraction of sp³-hybridized carbons (Fsp3) is 0.725. The van der Waals surface area contributed by atoms with Crippen LogP contribution in [0.5, 0.6) is 0 Å². The second kappa shape index (κ2) is 62.9. The molecule has 0 aliphatic heterocycles. The number of carbonyl (C=O) groups is 3. The monoisotopic (exact) mass is 1040 g/mol. The summed E-state index contributed by atoms with van der Waals surface area (Å²) in [4.78, 5) is 38.3. The summed E-state index contributed by atoms with van der Waals surface area (Å²) in [5.41, 5.74) is 0. The summed E-state index contributed by atoms with van der Waals surface area (Å²) in [5.74, 6) is -0.920. The molecule has 0 bridgehead atoms. The summed E-state index contributed by atoms with van der Waals surface area (Å²) in [6.45, 7) is 6.41. The third-order valence-corrected chi connectivity index (χ3v) is 13.6. The lowest BCUT2D eigenvalue weighted by Crippen LogP contribution is -2.30. The summed E-state index contributed by atoms with van der Waals surface area (Å²) in [6, 6.07) is 0. The average molecular weight is 1040 g/mol. The Morgan fingerprint density at radius 1 is 0.280 bits per heavy atom. The molecule has 0 aliphatic rings. The first-order valence-corrected chi connectivity index (χ1v) is 31.7. The van der Waals surface area contributed by atoms with E-state index in [0.29, 0.717) is 19.3 Å². The quantitative estimate of drug-likeness (QED) is 0.0261. The summed E-state index contributed by atoms with van der Waals surface area (Å²) in [5, 5.41) is 0. The van der Waals surface area contributed by atoms with Gasteiger partial charge in [-0.25, -0.2) is 0 Å². The normalized spacial score (nSPS) is 12.7. The van der Waals surface area contributed by atoms with E-state index < -0.39 is 6.10 Å². The molecule has 6 heteroatoms. The first kappa shape index (κ1) is 71.3. The summed E-state index contributed by atoms with van der Waals surface area (Å²) in [7, 11) is 0. The molecule has 0 aliphatic carbocycles. The van der Waals surface area contributed by atoms with Crippen molar-refractivity contribution in [3.8, 4) is 0 Å². The Morgan fingerprint density at radius 3 is 0.827 bits per heavy atom. The first-order chi connectivity index (χ1) is 37.0. The van der Waals surface area contributed by atoms with E-state index in [0.717, 1.165) is 122 Å². The molecule has 1 atom stereocenters. The lowest BCUT2D eigenvalue weighted by molar-refractivity contribution is -0.167. The Bertz CT molecular complexity index is 1480. The Hall–Kier alpha value is -3.67. The van der Waals surface area contributed by atoms with Crippen molar-refractivity contribution >= 4 is 17.9 Å². The van der Waals surface area contributed by atoms with Gasteiger partial charge in [-0.3, -0.25) is 14.4 Å². The molecule has 430 valence electrons. The number of hydrogen-bond donors (Lipinski definition) is 0. The van der Waals surface area contributed by atoms with E-state index in [-0.39, 0.29) is 31.1 Å². The van der Waals surface area contributed by atoms with Crippen molar-refractivity contribution in [3.63, 3.8) is 0 Å². The SMILES string of the molecule is CC/C=C\C/C=C\C/C=C\C/C=C\C/C=C\CCCCCCCCCC(=O)OCC(COC(=O)CCCCC/C=C\C/C=C\C/C=C\CC)OC(=O)CCCCCCCCCCCCCCCCCCCCCCC. The highest BCUT2D eigenvalue weighted by Gasteiger charge is 2.19. The highest BCUT2D eigenvalue weighted by molar-refractivity contribution is 5.71. The van der Waals surface area contributed by atoms with E-state index in [9.17, 15) is 14.4 Å². The molecule has 0 N–H and O–H groups in total. The fourth-order valence-electron chi connectivity index (χ4n) is 8.90. The summed E-state index contributed by atoms with van der Waals surface area (Å²) < 4.78 is 16.9. The molecular formula is C69H118O6. The van der Waals surface area contributed by atoms with Crippen molar-refractivity contribution in [2.75, 3.05) is 13.2 Å². The zero-order chi connectivity index (χ0) is 54.3. The Kier molecular flexibility index (Phi) is 59.8. The maximum atomic E-state index is 12.9. The second-order valence-electron chi connectivity index (χ2n) is 20.9. The number of allylic oxidation sites excluding steroid dienone is 16. The minimum atomic E-state index is -0.795. The van der Waals surface area contributed by atoms with Crippen LogP contribution in [0.2, 0.25) is 0 Å². The van der Waals surface area contributed by atoms with Crippen LogP contribution in [-0.2, 0) is 28.6 Å². The van der Waals surface area contributed by atoms with Gasteiger partial charge in [-0.2, -0.15) is 0 Å². The minimum absolute atomic E-state index is 0.0913. The predicted octanol–water partition coefficient (Wildman–Crippen LogP) is 21.7. The van der Waals surface area contributed by atoms with E-state index in [4.69, 9.17) is 14.2 Å². The number of hydrogen-bond acceptors (Lipinski definition) is 6. The highest BCUT2D eigenvalue weighted by atomic mass is 16.6. The van der Waals surface area contributed by atoms with Crippen LogP contribution in [0.25, 0.3) is 0 Å². The van der Waals surface area contributed by atoms with Gasteiger partial charge in [0, 0.05) is 19.3 Å². The van der Waals surface area contributed by atoms with Crippen LogP contribution in [0.3, 0.4) is 0 Å². The van der Waals surface area contributed by atoms with Gasteiger partial charge in [0.05, 0.1) is 0 Å². The van der Waals surface area contributed by atoms with Crippen LogP contribution in [0, 0.1) is 0 Å². The van der Waals surface area contributed by atoms with Crippen molar-refractivity contribution in [1.29, 1.82) is 0 Å². The molecule has 75 heavy (non-hydrogen) atoms. The van der Waals surface area contributed by atoms with Crippen LogP contribution in [-0.4, -0.2) is 37.2 Å². The Labute approximate surface area is 464 Å². The molecule has 0 aromatic rings. The molecule has 0 fully saturated rings. The summed E-state index contributed by atoms with van der Waals surface area (Å²) in [6.07, 6.45) is 84.2. The van der Waals surface area contributed by atoms with Crippen molar-refractivity contribution in [3.05, 3.63) is 97.2 Å². The zero-order valence-electron chi connectivity index (χ0n) is 49.3. The Balaban J connectivity index is 4.36. The van der Waals surface area contributed by atoms with Crippen LogP contribution < -0.4 is 0 Å². The smallest absolute Gasteiger partial charge is 0.306 e. The molecule has 1 unspecified atom stereocenters. The molecule has 0 saturated heterocycles. The minimum Gasteiger partial charge on any atom is -0.462 e. The lowest BCUT2D eigenvalue weighted by Gasteiger charge is -2.18. The Morgan fingerprint density at radius 2 is 0.520 bits per heavy atom. The lowest BCUT2D eigenvalue weighted by atomic mass is 10.0. The molecule has 0 heterocycles. The molecule has 6 nitrogen and oxygen atoms in total. The second-order valence-corrected chi connectivity index (χ2v) is 20.9. The molecule has 0 saturated carbocycles. The highest BCUT2D eigenvalue weighted by Crippen LogP contribution is 2.17. The number of esters is 3. The number of unbranched alkanes of at least 4 members (excludes halogenated alkanes) is 30. The van der Waals surface area contributed by atoms with Crippen LogP contribution in [0.1, 0.15) is 303 Å². The molecule has 0 aromatic carbocycles. The molecule has 0 spiro atoms. The largest absolute Gasteiger partial charge is 0.462 e. The van der Waals surface area contributed by atoms with Gasteiger partial charge in [0.25, 0.3) is 0 Å².